The smallest absolute Gasteiger partial charge is 0.331 e. The summed E-state index contributed by atoms with van der Waals surface area (Å²) in [5.74, 6) is 2.11. The van der Waals surface area contributed by atoms with E-state index in [1.54, 1.807) is 30.2 Å². The van der Waals surface area contributed by atoms with Crippen molar-refractivity contribution in [3.05, 3.63) is 108 Å². The number of ether oxygens (including phenoxy) is 4. The van der Waals surface area contributed by atoms with Gasteiger partial charge >= 0.3 is 6.03 Å². The second-order valence-corrected chi connectivity index (χ2v) is 15.2. The predicted octanol–water partition coefficient (Wildman–Crippen LogP) is 7.45. The second-order valence-electron chi connectivity index (χ2n) is 13.8. The van der Waals surface area contributed by atoms with Gasteiger partial charge in [-0.25, -0.2) is 9.46 Å². The van der Waals surface area contributed by atoms with Crippen molar-refractivity contribution in [3.63, 3.8) is 0 Å². The van der Waals surface area contributed by atoms with E-state index in [0.29, 0.717) is 25.3 Å². The van der Waals surface area contributed by atoms with Gasteiger partial charge in [-0.05, 0) is 74.7 Å². The van der Waals surface area contributed by atoms with Crippen LogP contribution in [0, 0.1) is 11.3 Å². The minimum Gasteiger partial charge on any atom is -0.497 e. The molecule has 4 atom stereocenters. The molecule has 3 aromatic carbocycles. The Hall–Kier alpha value is -4.34. The number of aliphatic imine (C=N–C) groups is 1. The molecule has 1 unspecified atom stereocenters. The quantitative estimate of drug-likeness (QED) is 0.0787. The summed E-state index contributed by atoms with van der Waals surface area (Å²) in [4.78, 5) is 21.5. The lowest BCUT2D eigenvalue weighted by Crippen LogP contribution is -2.49. The number of benzene rings is 3. The lowest BCUT2D eigenvalue weighted by Gasteiger charge is -2.39. The van der Waals surface area contributed by atoms with E-state index in [-0.39, 0.29) is 37.7 Å². The molecule has 1 fully saturated rings. The first-order valence-corrected chi connectivity index (χ1v) is 19.5. The molecule has 0 N–H and O–H groups in total. The molecule has 0 aliphatic carbocycles. The molecule has 13 heteroatoms. The number of hydrogen-bond acceptors (Lipinski definition) is 10. The van der Waals surface area contributed by atoms with Crippen LogP contribution in [0.5, 0.6) is 11.5 Å². The van der Waals surface area contributed by atoms with E-state index in [2.05, 4.69) is 55.6 Å². The molecular formula is C41H50N5O7P. The Morgan fingerprint density at radius 3 is 2.13 bits per heavy atom. The van der Waals surface area contributed by atoms with Crippen LogP contribution in [0.1, 0.15) is 57.2 Å². The van der Waals surface area contributed by atoms with Gasteiger partial charge in [0.15, 0.2) is 0 Å². The molecule has 286 valence electrons. The highest BCUT2D eigenvalue weighted by Crippen LogP contribution is 2.50. The fourth-order valence-electron chi connectivity index (χ4n) is 7.19. The van der Waals surface area contributed by atoms with Crippen LogP contribution in [0.4, 0.5) is 4.79 Å². The minimum absolute atomic E-state index is 0.0982. The summed E-state index contributed by atoms with van der Waals surface area (Å²) in [5, 5.41) is 9.33. The van der Waals surface area contributed by atoms with Gasteiger partial charge in [-0.1, -0.05) is 54.6 Å². The molecule has 0 bridgehead atoms. The maximum atomic E-state index is 13.8. The molecule has 2 amide bonds. The molecule has 0 saturated carbocycles. The van der Waals surface area contributed by atoms with Crippen LogP contribution in [0.2, 0.25) is 0 Å². The number of rotatable bonds is 17. The average Bonchev–Trinajstić information content (AvgIpc) is 3.83. The van der Waals surface area contributed by atoms with E-state index in [4.69, 9.17) is 28.0 Å². The Kier molecular flexibility index (Phi) is 13.0. The van der Waals surface area contributed by atoms with Gasteiger partial charge in [-0.3, -0.25) is 14.8 Å². The highest BCUT2D eigenvalue weighted by Gasteiger charge is 2.47. The molecular weight excluding hydrogens is 705 g/mol. The second kappa shape index (κ2) is 17.9. The number of amides is 2. The topological polar surface area (TPSA) is 118 Å². The van der Waals surface area contributed by atoms with Gasteiger partial charge in [0.05, 0.1) is 52.6 Å². The van der Waals surface area contributed by atoms with Crippen LogP contribution in [0.3, 0.4) is 0 Å². The number of nitriles is 1. The van der Waals surface area contributed by atoms with Gasteiger partial charge in [0.2, 0.25) is 0 Å². The van der Waals surface area contributed by atoms with Crippen molar-refractivity contribution in [2.24, 2.45) is 4.99 Å². The van der Waals surface area contributed by atoms with Crippen molar-refractivity contribution in [2.45, 2.75) is 76.7 Å². The number of methoxy groups -OCH3 is 2. The number of amidine groups is 1. The molecule has 0 radical (unpaired) electrons. The first-order valence-electron chi connectivity index (χ1n) is 18.4. The zero-order valence-corrected chi connectivity index (χ0v) is 32.7. The normalized spacial score (nSPS) is 20.4. The highest BCUT2D eigenvalue weighted by atomic mass is 31.2. The van der Waals surface area contributed by atoms with Crippen LogP contribution >= 0.6 is 8.53 Å². The van der Waals surface area contributed by atoms with Gasteiger partial charge in [-0.2, -0.15) is 5.26 Å². The monoisotopic (exact) mass is 755 g/mol. The molecule has 0 aromatic heterocycles. The van der Waals surface area contributed by atoms with Crippen LogP contribution in [-0.4, -0.2) is 97.4 Å². The molecule has 1 saturated heterocycles. The molecule has 54 heavy (non-hydrogen) atoms. The molecule has 6 rings (SSSR count). The Bertz CT molecular complexity index is 1740. The van der Waals surface area contributed by atoms with Gasteiger partial charge in [-0.15, -0.1) is 0 Å². The first-order chi connectivity index (χ1) is 26.2. The van der Waals surface area contributed by atoms with E-state index in [1.807, 2.05) is 72.8 Å². The Morgan fingerprint density at radius 2 is 1.56 bits per heavy atom. The molecule has 3 heterocycles. The zero-order valence-electron chi connectivity index (χ0n) is 31.8. The van der Waals surface area contributed by atoms with E-state index in [9.17, 15) is 10.1 Å². The highest BCUT2D eigenvalue weighted by molar-refractivity contribution is 7.44. The minimum atomic E-state index is -1.62. The number of carbonyl (C=O) groups is 1. The van der Waals surface area contributed by atoms with Gasteiger partial charge < -0.3 is 28.0 Å². The summed E-state index contributed by atoms with van der Waals surface area (Å²) in [6.07, 6.45) is 2.43. The van der Waals surface area contributed by atoms with Crippen LogP contribution in [-0.2, 0) is 24.1 Å². The summed E-state index contributed by atoms with van der Waals surface area (Å²) in [5.41, 5.74) is 1.59. The van der Waals surface area contributed by atoms with Crippen molar-refractivity contribution in [1.82, 2.24) is 14.5 Å². The number of hydrogen-bond donors (Lipinski definition) is 0. The zero-order chi connectivity index (χ0) is 38.2. The Balaban J connectivity index is 1.40. The summed E-state index contributed by atoms with van der Waals surface area (Å²) in [6, 6.07) is 28.0. The maximum Gasteiger partial charge on any atom is 0.331 e. The van der Waals surface area contributed by atoms with Crippen molar-refractivity contribution >= 4 is 20.4 Å². The van der Waals surface area contributed by atoms with Crippen molar-refractivity contribution in [3.8, 4) is 17.6 Å². The molecule has 3 aliphatic rings. The predicted molar refractivity (Wildman–Crippen MR) is 207 cm³/mol. The van der Waals surface area contributed by atoms with E-state index in [1.165, 1.54) is 0 Å². The van der Waals surface area contributed by atoms with E-state index < -0.39 is 32.6 Å². The summed E-state index contributed by atoms with van der Waals surface area (Å²) in [6.45, 7) is 9.82. The summed E-state index contributed by atoms with van der Waals surface area (Å²) < 4.78 is 40.7. The average molecular weight is 756 g/mol. The molecule has 3 aliphatic heterocycles. The summed E-state index contributed by atoms with van der Waals surface area (Å²) >= 11 is 0. The van der Waals surface area contributed by atoms with Crippen molar-refractivity contribution < 1.29 is 32.8 Å². The van der Waals surface area contributed by atoms with Crippen LogP contribution in [0.25, 0.3) is 0 Å². The van der Waals surface area contributed by atoms with Crippen LogP contribution < -0.4 is 9.47 Å². The standard InChI is InChI=1S/C41H50N5O7P/c1-29(2)46(30(3)4)54(51-26-10-22-42)53-36-27-39(45-24-21-38-43-23-25-44(38)40(45)47)52-37(36)28-50-41(31-11-8-7-9-12-31,32-13-17-34(48-5)18-14-32)33-15-19-35(49-6)20-16-33/h7-9,11-21,24,29-30,36-37,39H,10,23,25-28H2,1-6H3/t36-,37+,39+,54?/m0/s1. The number of carbonyl (C=O) groups excluding carboxylic acids is 1. The number of nitrogens with zero attached hydrogens (tertiary/aromatic N) is 5. The van der Waals surface area contributed by atoms with Crippen molar-refractivity contribution in [2.75, 3.05) is 40.5 Å². The Morgan fingerprint density at radius 1 is 0.944 bits per heavy atom. The first kappa shape index (κ1) is 39.4. The number of fused-ring (bicyclic) bond motifs is 1. The van der Waals surface area contributed by atoms with E-state index in [0.717, 1.165) is 28.2 Å². The Labute approximate surface area is 319 Å². The third kappa shape index (κ3) is 8.32. The summed E-state index contributed by atoms with van der Waals surface area (Å²) in [7, 11) is 1.67. The van der Waals surface area contributed by atoms with Gasteiger partial charge in [0.25, 0.3) is 8.53 Å². The van der Waals surface area contributed by atoms with Gasteiger partial charge in [0, 0.05) is 31.2 Å². The largest absolute Gasteiger partial charge is 0.497 e. The third-order valence-electron chi connectivity index (χ3n) is 9.73. The molecule has 0 spiro atoms. The molecule has 3 aromatic rings. The van der Waals surface area contributed by atoms with Crippen molar-refractivity contribution in [1.29, 1.82) is 5.26 Å². The lowest BCUT2D eigenvalue weighted by molar-refractivity contribution is -0.0964. The van der Waals surface area contributed by atoms with Gasteiger partial charge in [0.1, 0.15) is 35.3 Å². The fraction of sp³-hybridized carbons (Fsp3) is 0.439. The lowest BCUT2D eigenvalue weighted by atomic mass is 9.80. The SMILES string of the molecule is COc1ccc(C(OC[C@H]2O[C@@H](N3C=CC4=NCCN4C3=O)C[C@@H]2OP(OCCC#N)N(C(C)C)C(C)C)(c2ccccc2)c2ccc(OC)cc2)cc1. The third-order valence-corrected chi connectivity index (χ3v) is 11.9. The number of urea groups is 1. The maximum absolute atomic E-state index is 13.8. The van der Waals surface area contributed by atoms with E-state index >= 15 is 0 Å². The molecule has 12 nitrogen and oxygen atoms in total. The fourth-order valence-corrected chi connectivity index (χ4v) is 8.95. The van der Waals surface area contributed by atoms with Crippen LogP contribution in [0.15, 0.2) is 96.1 Å².